The van der Waals surface area contributed by atoms with E-state index in [2.05, 4.69) is 19.8 Å². The third-order valence-corrected chi connectivity index (χ3v) is 7.33. The first kappa shape index (κ1) is 18.0. The third-order valence-electron chi connectivity index (χ3n) is 7.33. The molecule has 0 N–H and O–H groups in total. The summed E-state index contributed by atoms with van der Waals surface area (Å²) in [5.41, 5.74) is 0. The molecular formula is C21H29N5O2. The maximum atomic E-state index is 12.7. The molecule has 0 spiro atoms. The number of hydrogen-bond donors (Lipinski definition) is 0. The van der Waals surface area contributed by atoms with Crippen LogP contribution in [0, 0.1) is 23.7 Å². The predicted molar refractivity (Wildman–Crippen MR) is 104 cm³/mol. The van der Waals surface area contributed by atoms with E-state index >= 15 is 0 Å². The van der Waals surface area contributed by atoms with Crippen molar-refractivity contribution in [1.29, 1.82) is 0 Å². The second-order valence-electron chi connectivity index (χ2n) is 8.80. The highest BCUT2D eigenvalue weighted by molar-refractivity contribution is 6.06. The van der Waals surface area contributed by atoms with Gasteiger partial charge in [-0.1, -0.05) is 0 Å². The molecule has 2 saturated heterocycles. The number of nitrogens with zero attached hydrogens (tertiary/aromatic N) is 5. The molecule has 2 aliphatic carbocycles. The van der Waals surface area contributed by atoms with Gasteiger partial charge in [0.25, 0.3) is 0 Å². The van der Waals surface area contributed by atoms with Crippen molar-refractivity contribution >= 4 is 17.8 Å². The van der Waals surface area contributed by atoms with E-state index in [4.69, 9.17) is 0 Å². The van der Waals surface area contributed by atoms with Gasteiger partial charge >= 0.3 is 0 Å². The molecule has 1 aromatic heterocycles. The largest absolute Gasteiger partial charge is 0.338 e. The van der Waals surface area contributed by atoms with Crippen molar-refractivity contribution in [2.24, 2.45) is 23.7 Å². The summed E-state index contributed by atoms with van der Waals surface area (Å²) in [6, 6.07) is 1.84. The summed E-state index contributed by atoms with van der Waals surface area (Å²) in [5.74, 6) is 2.12. The van der Waals surface area contributed by atoms with Crippen molar-refractivity contribution in [1.82, 2.24) is 19.8 Å². The van der Waals surface area contributed by atoms with Crippen LogP contribution in [0.15, 0.2) is 18.5 Å². The monoisotopic (exact) mass is 383 g/mol. The maximum Gasteiger partial charge on any atom is 0.233 e. The number of rotatable bonds is 6. The van der Waals surface area contributed by atoms with Crippen LogP contribution in [0.5, 0.6) is 0 Å². The number of amides is 2. The van der Waals surface area contributed by atoms with Crippen LogP contribution in [-0.2, 0) is 9.59 Å². The molecule has 4 aliphatic rings. The Morgan fingerprint density at radius 3 is 2.11 bits per heavy atom. The summed E-state index contributed by atoms with van der Waals surface area (Å²) in [5, 5.41) is 0. The summed E-state index contributed by atoms with van der Waals surface area (Å²) < 4.78 is 0. The first-order chi connectivity index (χ1) is 13.7. The molecule has 7 nitrogen and oxygen atoms in total. The van der Waals surface area contributed by atoms with E-state index in [1.807, 2.05) is 6.07 Å². The number of carbonyl (C=O) groups is 2. The minimum atomic E-state index is 0.0273. The Labute approximate surface area is 166 Å². The Morgan fingerprint density at radius 1 is 0.857 bits per heavy atom. The molecule has 4 atom stereocenters. The first-order valence-corrected chi connectivity index (χ1v) is 10.8. The number of likely N-dealkylation sites (tertiary alicyclic amines) is 1. The van der Waals surface area contributed by atoms with Gasteiger partial charge in [-0.15, -0.1) is 0 Å². The van der Waals surface area contributed by atoms with Crippen LogP contribution in [0.25, 0.3) is 0 Å². The lowest BCUT2D eigenvalue weighted by atomic mass is 9.81. The smallest absolute Gasteiger partial charge is 0.233 e. The minimum Gasteiger partial charge on any atom is -0.338 e. The van der Waals surface area contributed by atoms with Crippen molar-refractivity contribution in [3.63, 3.8) is 0 Å². The molecule has 150 valence electrons. The lowest BCUT2D eigenvalue weighted by molar-refractivity contribution is -0.140. The molecule has 2 unspecified atom stereocenters. The second-order valence-corrected chi connectivity index (χ2v) is 8.80. The Morgan fingerprint density at radius 2 is 1.46 bits per heavy atom. The fraction of sp³-hybridized carbons (Fsp3) is 0.714. The van der Waals surface area contributed by atoms with Gasteiger partial charge in [-0.25, -0.2) is 9.97 Å². The van der Waals surface area contributed by atoms with E-state index < -0.39 is 0 Å². The third kappa shape index (κ3) is 3.09. The molecule has 0 radical (unpaired) electrons. The number of unbranched alkanes of at least 4 members (excludes halogenated alkanes) is 1. The Balaban J connectivity index is 1.05. The van der Waals surface area contributed by atoms with Crippen molar-refractivity contribution in [2.75, 3.05) is 44.2 Å². The van der Waals surface area contributed by atoms with E-state index in [1.54, 1.807) is 17.3 Å². The normalized spacial score (nSPS) is 32.4. The molecule has 4 fully saturated rings. The van der Waals surface area contributed by atoms with Gasteiger partial charge < -0.3 is 4.90 Å². The number of piperazine rings is 1. The molecule has 5 rings (SSSR count). The van der Waals surface area contributed by atoms with Crippen LogP contribution < -0.4 is 4.90 Å². The maximum absolute atomic E-state index is 12.7. The topological polar surface area (TPSA) is 69.6 Å². The Kier molecular flexibility index (Phi) is 4.78. The average Bonchev–Trinajstić information content (AvgIpc) is 3.41. The highest BCUT2D eigenvalue weighted by Gasteiger charge is 2.60. The van der Waals surface area contributed by atoms with Gasteiger partial charge in [-0.05, 0) is 56.6 Å². The molecule has 2 bridgehead atoms. The van der Waals surface area contributed by atoms with E-state index in [9.17, 15) is 9.59 Å². The molecule has 2 aliphatic heterocycles. The lowest BCUT2D eigenvalue weighted by Gasteiger charge is -2.34. The van der Waals surface area contributed by atoms with Crippen LogP contribution in [0.1, 0.15) is 32.1 Å². The van der Waals surface area contributed by atoms with E-state index in [-0.39, 0.29) is 23.7 Å². The Bertz CT molecular complexity index is 706. The van der Waals surface area contributed by atoms with Gasteiger partial charge in [0.05, 0.1) is 11.8 Å². The average molecular weight is 383 g/mol. The van der Waals surface area contributed by atoms with Gasteiger partial charge in [0, 0.05) is 45.1 Å². The summed E-state index contributed by atoms with van der Waals surface area (Å²) >= 11 is 0. The van der Waals surface area contributed by atoms with Gasteiger partial charge in [0.1, 0.15) is 0 Å². The highest BCUT2D eigenvalue weighted by Crippen LogP contribution is 2.56. The first-order valence-electron chi connectivity index (χ1n) is 10.8. The van der Waals surface area contributed by atoms with Crippen molar-refractivity contribution in [3.8, 4) is 0 Å². The fourth-order valence-corrected chi connectivity index (χ4v) is 5.92. The van der Waals surface area contributed by atoms with Crippen molar-refractivity contribution in [2.45, 2.75) is 32.1 Å². The summed E-state index contributed by atoms with van der Waals surface area (Å²) in [6.07, 6.45) is 8.93. The molecule has 2 saturated carbocycles. The fourth-order valence-electron chi connectivity index (χ4n) is 5.92. The molecule has 3 heterocycles. The van der Waals surface area contributed by atoms with E-state index in [0.717, 1.165) is 70.8 Å². The molecule has 2 amide bonds. The molecule has 28 heavy (non-hydrogen) atoms. The van der Waals surface area contributed by atoms with Gasteiger partial charge in [-0.2, -0.15) is 0 Å². The van der Waals surface area contributed by atoms with E-state index in [1.165, 1.54) is 0 Å². The van der Waals surface area contributed by atoms with Gasteiger partial charge in [-0.3, -0.25) is 19.4 Å². The minimum absolute atomic E-state index is 0.0273. The predicted octanol–water partition coefficient (Wildman–Crippen LogP) is 1.41. The van der Waals surface area contributed by atoms with Crippen molar-refractivity contribution in [3.05, 3.63) is 18.5 Å². The number of hydrogen-bond acceptors (Lipinski definition) is 6. The van der Waals surface area contributed by atoms with E-state index in [0.29, 0.717) is 18.4 Å². The summed E-state index contributed by atoms with van der Waals surface area (Å²) in [4.78, 5) is 40.4. The zero-order valence-corrected chi connectivity index (χ0v) is 16.4. The standard InChI is InChI=1S/C21H29N5O2/c27-19-17-15-4-5-16(14-15)18(17)20(28)26(19)9-2-1-8-24-10-12-25(13-11-24)21-22-6-3-7-23-21/h3,6-7,15-18H,1-2,4-5,8-14H2/t15?,16?,17-,18-/m1/s1. The molecular weight excluding hydrogens is 354 g/mol. The second kappa shape index (κ2) is 7.43. The molecule has 7 heteroatoms. The van der Waals surface area contributed by atoms with Crippen molar-refractivity contribution < 1.29 is 9.59 Å². The quantitative estimate of drug-likeness (QED) is 0.546. The Hall–Kier alpha value is -2.02. The van der Waals surface area contributed by atoms with Gasteiger partial charge in [0.15, 0.2) is 0 Å². The summed E-state index contributed by atoms with van der Waals surface area (Å²) in [6.45, 7) is 5.54. The van der Waals surface area contributed by atoms with Crippen LogP contribution >= 0.6 is 0 Å². The highest BCUT2D eigenvalue weighted by atomic mass is 16.2. The number of aromatic nitrogens is 2. The van der Waals surface area contributed by atoms with Gasteiger partial charge in [0.2, 0.25) is 17.8 Å². The SMILES string of the molecule is O=C1[C@@H]2C3CCC(C3)[C@H]2C(=O)N1CCCCN1CCN(c2ncccn2)CC1. The van der Waals surface area contributed by atoms with Crippen LogP contribution in [-0.4, -0.2) is 70.9 Å². The van der Waals surface area contributed by atoms with Crippen LogP contribution in [0.4, 0.5) is 5.95 Å². The van der Waals surface area contributed by atoms with Crippen LogP contribution in [0.3, 0.4) is 0 Å². The number of imide groups is 1. The molecule has 0 aromatic carbocycles. The molecule has 1 aromatic rings. The zero-order chi connectivity index (χ0) is 19.1. The van der Waals surface area contributed by atoms with Crippen LogP contribution in [0.2, 0.25) is 0 Å². The summed E-state index contributed by atoms with van der Waals surface area (Å²) in [7, 11) is 0. The lowest BCUT2D eigenvalue weighted by Crippen LogP contribution is -2.47. The number of anilines is 1. The zero-order valence-electron chi connectivity index (χ0n) is 16.4. The number of fused-ring (bicyclic) bond motifs is 5. The number of carbonyl (C=O) groups excluding carboxylic acids is 2.